The van der Waals surface area contributed by atoms with E-state index < -0.39 is 0 Å². The summed E-state index contributed by atoms with van der Waals surface area (Å²) in [6.07, 6.45) is 2.96. The molecule has 1 aliphatic carbocycles. The zero-order valence-electron chi connectivity index (χ0n) is 10.9. The second kappa shape index (κ2) is 4.94. The Morgan fingerprint density at radius 2 is 2.42 bits per heavy atom. The molecule has 0 spiro atoms. The summed E-state index contributed by atoms with van der Waals surface area (Å²) in [7, 11) is 0. The molecule has 1 saturated carbocycles. The summed E-state index contributed by atoms with van der Waals surface area (Å²) in [5.41, 5.74) is 0.382. The fraction of sp³-hybridized carbons (Fsp3) is 0.692. The summed E-state index contributed by atoms with van der Waals surface area (Å²) in [4.78, 5) is 18.3. The van der Waals surface area contributed by atoms with Crippen LogP contribution in [-0.2, 0) is 4.74 Å². The number of oxazole rings is 1. The standard InChI is InChI=1S/C13H18N2O4/c1-8-12(14-7-19-8)13(17)15-2-3-18-11-5-9(6-16)4-10(11)15/h7,9-11,16H,2-6H2,1H3/t9-,10+,11?/m1/s1. The highest BCUT2D eigenvalue weighted by Gasteiger charge is 2.43. The molecule has 0 aromatic carbocycles. The second-order valence-electron chi connectivity index (χ2n) is 5.25. The molecule has 6 nitrogen and oxygen atoms in total. The van der Waals surface area contributed by atoms with Gasteiger partial charge in [0, 0.05) is 13.2 Å². The van der Waals surface area contributed by atoms with E-state index in [1.807, 2.05) is 4.90 Å². The highest BCUT2D eigenvalue weighted by atomic mass is 16.5. The third-order valence-electron chi connectivity index (χ3n) is 4.10. The van der Waals surface area contributed by atoms with Gasteiger partial charge in [-0.1, -0.05) is 0 Å². The van der Waals surface area contributed by atoms with E-state index in [1.165, 1.54) is 6.39 Å². The van der Waals surface area contributed by atoms with Crippen LogP contribution < -0.4 is 0 Å². The number of carbonyl (C=O) groups excluding carboxylic acids is 1. The first-order valence-corrected chi connectivity index (χ1v) is 6.64. The maximum absolute atomic E-state index is 12.5. The van der Waals surface area contributed by atoms with Crippen LogP contribution in [0.4, 0.5) is 0 Å². The molecule has 1 saturated heterocycles. The Kier molecular flexibility index (Phi) is 3.28. The van der Waals surface area contributed by atoms with Gasteiger partial charge in [0.1, 0.15) is 5.76 Å². The molecule has 2 fully saturated rings. The quantitative estimate of drug-likeness (QED) is 0.848. The van der Waals surface area contributed by atoms with Crippen molar-refractivity contribution in [2.24, 2.45) is 5.92 Å². The number of fused-ring (bicyclic) bond motifs is 1. The smallest absolute Gasteiger partial charge is 0.276 e. The second-order valence-corrected chi connectivity index (χ2v) is 5.25. The first kappa shape index (κ1) is 12.6. The van der Waals surface area contributed by atoms with Crippen molar-refractivity contribution < 1.29 is 19.1 Å². The van der Waals surface area contributed by atoms with Gasteiger partial charge in [0.15, 0.2) is 12.1 Å². The molecule has 1 unspecified atom stereocenters. The van der Waals surface area contributed by atoms with Crippen LogP contribution in [0, 0.1) is 12.8 Å². The minimum absolute atomic E-state index is 0.0436. The van der Waals surface area contributed by atoms with Crippen molar-refractivity contribution in [2.75, 3.05) is 19.8 Å². The molecule has 1 aromatic heterocycles. The molecule has 1 aromatic rings. The average molecular weight is 266 g/mol. The number of aryl methyl sites for hydroxylation is 1. The van der Waals surface area contributed by atoms with Crippen LogP contribution in [0.2, 0.25) is 0 Å². The number of aliphatic hydroxyl groups is 1. The van der Waals surface area contributed by atoms with Gasteiger partial charge in [-0.05, 0) is 25.7 Å². The van der Waals surface area contributed by atoms with Crippen molar-refractivity contribution >= 4 is 5.91 Å². The van der Waals surface area contributed by atoms with Crippen molar-refractivity contribution in [3.05, 3.63) is 17.8 Å². The molecule has 0 radical (unpaired) electrons. The third-order valence-corrected chi connectivity index (χ3v) is 4.10. The van der Waals surface area contributed by atoms with Crippen molar-refractivity contribution in [3.8, 4) is 0 Å². The summed E-state index contributed by atoms with van der Waals surface area (Å²) in [5.74, 6) is 0.676. The van der Waals surface area contributed by atoms with Gasteiger partial charge in [-0.15, -0.1) is 0 Å². The van der Waals surface area contributed by atoms with Crippen LogP contribution in [0.25, 0.3) is 0 Å². The van der Waals surface area contributed by atoms with Gasteiger partial charge in [-0.25, -0.2) is 4.98 Å². The van der Waals surface area contributed by atoms with Gasteiger partial charge in [0.05, 0.1) is 18.8 Å². The monoisotopic (exact) mass is 266 g/mol. The number of aliphatic hydroxyl groups excluding tert-OH is 1. The van der Waals surface area contributed by atoms with Crippen LogP contribution in [0.5, 0.6) is 0 Å². The van der Waals surface area contributed by atoms with E-state index >= 15 is 0 Å². The van der Waals surface area contributed by atoms with Gasteiger partial charge in [-0.2, -0.15) is 0 Å². The number of carbonyl (C=O) groups is 1. The largest absolute Gasteiger partial charge is 0.448 e. The lowest BCUT2D eigenvalue weighted by molar-refractivity contribution is -0.0451. The number of rotatable bonds is 2. The Labute approximate surface area is 111 Å². The van der Waals surface area contributed by atoms with Crippen LogP contribution in [0.3, 0.4) is 0 Å². The molecule has 2 heterocycles. The predicted molar refractivity (Wildman–Crippen MR) is 65.6 cm³/mol. The maximum Gasteiger partial charge on any atom is 0.276 e. The highest BCUT2D eigenvalue weighted by Crippen LogP contribution is 2.34. The molecule has 3 atom stereocenters. The Morgan fingerprint density at radius 1 is 1.58 bits per heavy atom. The fourth-order valence-electron chi connectivity index (χ4n) is 3.10. The molecule has 6 heteroatoms. The van der Waals surface area contributed by atoms with Gasteiger partial charge >= 0.3 is 0 Å². The van der Waals surface area contributed by atoms with E-state index in [4.69, 9.17) is 9.15 Å². The summed E-state index contributed by atoms with van der Waals surface area (Å²) in [6, 6.07) is 0.0505. The Morgan fingerprint density at radius 3 is 3.11 bits per heavy atom. The van der Waals surface area contributed by atoms with Crippen molar-refractivity contribution in [1.29, 1.82) is 0 Å². The SMILES string of the molecule is Cc1ocnc1C(=O)N1CCOC2C[C@H](CO)C[C@@H]21. The van der Waals surface area contributed by atoms with Crippen molar-refractivity contribution in [1.82, 2.24) is 9.88 Å². The lowest BCUT2D eigenvalue weighted by Gasteiger charge is -2.37. The van der Waals surface area contributed by atoms with E-state index in [2.05, 4.69) is 4.98 Å². The summed E-state index contributed by atoms with van der Waals surface area (Å²) in [5, 5.41) is 9.28. The molecule has 1 N–H and O–H groups in total. The lowest BCUT2D eigenvalue weighted by Crippen LogP contribution is -2.51. The molecule has 104 valence electrons. The molecule has 2 aliphatic rings. The minimum Gasteiger partial charge on any atom is -0.448 e. The van der Waals surface area contributed by atoms with Crippen LogP contribution >= 0.6 is 0 Å². The molecular formula is C13H18N2O4. The predicted octanol–water partition coefficient (Wildman–Crippen LogP) is 0.595. The molecular weight excluding hydrogens is 248 g/mol. The van der Waals surface area contributed by atoms with E-state index in [1.54, 1.807) is 6.92 Å². The van der Waals surface area contributed by atoms with Gasteiger partial charge in [0.2, 0.25) is 0 Å². The maximum atomic E-state index is 12.5. The number of ether oxygens (including phenoxy) is 1. The van der Waals surface area contributed by atoms with Gasteiger partial charge in [0.25, 0.3) is 5.91 Å². The minimum atomic E-state index is -0.0943. The highest BCUT2D eigenvalue weighted by molar-refractivity contribution is 5.93. The molecule has 1 aliphatic heterocycles. The average Bonchev–Trinajstić information content (AvgIpc) is 3.02. The zero-order valence-corrected chi connectivity index (χ0v) is 10.9. The van der Waals surface area contributed by atoms with Crippen molar-refractivity contribution in [3.63, 3.8) is 0 Å². The summed E-state index contributed by atoms with van der Waals surface area (Å²) >= 11 is 0. The number of aromatic nitrogens is 1. The molecule has 0 bridgehead atoms. The fourth-order valence-corrected chi connectivity index (χ4v) is 3.10. The Bertz CT molecular complexity index is 473. The molecule has 19 heavy (non-hydrogen) atoms. The van der Waals surface area contributed by atoms with Gasteiger partial charge in [-0.3, -0.25) is 4.79 Å². The number of hydrogen-bond acceptors (Lipinski definition) is 5. The summed E-state index contributed by atoms with van der Waals surface area (Å²) < 4.78 is 10.8. The number of amides is 1. The van der Waals surface area contributed by atoms with E-state index in [0.717, 1.165) is 12.8 Å². The third kappa shape index (κ3) is 2.15. The normalized spacial score (nSPS) is 30.4. The Balaban J connectivity index is 1.80. The van der Waals surface area contributed by atoms with Crippen LogP contribution in [0.1, 0.15) is 29.1 Å². The number of hydrogen-bond donors (Lipinski definition) is 1. The molecule has 3 rings (SSSR count). The summed E-state index contributed by atoms with van der Waals surface area (Å²) in [6.45, 7) is 3.01. The van der Waals surface area contributed by atoms with E-state index in [9.17, 15) is 9.90 Å². The zero-order chi connectivity index (χ0) is 13.4. The van der Waals surface area contributed by atoms with Gasteiger partial charge < -0.3 is 19.2 Å². The Hall–Kier alpha value is -1.40. The van der Waals surface area contributed by atoms with Crippen LogP contribution in [-0.4, -0.2) is 52.8 Å². The van der Waals surface area contributed by atoms with E-state index in [0.29, 0.717) is 24.6 Å². The first-order valence-electron chi connectivity index (χ1n) is 6.64. The number of nitrogens with zero attached hydrogens (tertiary/aromatic N) is 2. The molecule has 1 amide bonds. The topological polar surface area (TPSA) is 75.8 Å². The van der Waals surface area contributed by atoms with Crippen LogP contribution in [0.15, 0.2) is 10.8 Å². The first-order chi connectivity index (χ1) is 9.20. The number of morpholine rings is 1. The van der Waals surface area contributed by atoms with E-state index in [-0.39, 0.29) is 30.6 Å². The lowest BCUT2D eigenvalue weighted by atomic mass is 10.1. The van der Waals surface area contributed by atoms with Crippen molar-refractivity contribution in [2.45, 2.75) is 31.9 Å².